The summed E-state index contributed by atoms with van der Waals surface area (Å²) < 4.78 is 12.9. The summed E-state index contributed by atoms with van der Waals surface area (Å²) in [5.41, 5.74) is -0.531. The molecular formula is C37H53N3O7. The Morgan fingerprint density at radius 3 is 2.47 bits per heavy atom. The Bertz CT molecular complexity index is 1300. The van der Waals surface area contributed by atoms with Crippen LogP contribution in [0, 0.1) is 17.8 Å². The molecule has 3 amide bonds. The predicted molar refractivity (Wildman–Crippen MR) is 179 cm³/mol. The quantitative estimate of drug-likeness (QED) is 0.190. The molecule has 2 N–H and O–H groups in total. The van der Waals surface area contributed by atoms with E-state index in [1.165, 1.54) is 4.90 Å². The Balaban J connectivity index is 1.71. The summed E-state index contributed by atoms with van der Waals surface area (Å²) >= 11 is 0. The first-order valence-corrected chi connectivity index (χ1v) is 17.1. The molecule has 10 heteroatoms. The molecule has 0 aromatic heterocycles. The second-order valence-corrected chi connectivity index (χ2v) is 13.7. The largest absolute Gasteiger partial charge is 0.455 e. The maximum absolute atomic E-state index is 14.6. The first-order valence-electron chi connectivity index (χ1n) is 17.1. The highest BCUT2D eigenvalue weighted by atomic mass is 16.6. The SMILES string of the molecule is C=CCCC(=O)N[C@@H](C)[C@H](OC(=O)[C@@H]1[C@@H]2CC[C@]3(O2)[C@H](C(=O)N(CC=C)C(C)CCC)N([C@@H](CO)C(C)C)C(=O)[C@@H]13)c1ccccc1. The molecule has 3 heterocycles. The van der Waals surface area contributed by atoms with Gasteiger partial charge in [-0.25, -0.2) is 0 Å². The van der Waals surface area contributed by atoms with Crippen molar-refractivity contribution >= 4 is 23.7 Å². The van der Waals surface area contributed by atoms with Gasteiger partial charge in [0.2, 0.25) is 17.7 Å². The molecule has 9 atom stereocenters. The van der Waals surface area contributed by atoms with Gasteiger partial charge in [-0.15, -0.1) is 13.2 Å². The molecule has 3 aliphatic heterocycles. The fourth-order valence-corrected chi connectivity index (χ4v) is 7.91. The lowest BCUT2D eigenvalue weighted by Gasteiger charge is -2.41. The highest BCUT2D eigenvalue weighted by Crippen LogP contribution is 2.59. The second-order valence-electron chi connectivity index (χ2n) is 13.7. The van der Waals surface area contributed by atoms with Gasteiger partial charge < -0.3 is 29.7 Å². The van der Waals surface area contributed by atoms with Crippen molar-refractivity contribution in [1.82, 2.24) is 15.1 Å². The molecule has 10 nitrogen and oxygen atoms in total. The van der Waals surface area contributed by atoms with Crippen molar-refractivity contribution in [2.45, 2.75) is 115 Å². The van der Waals surface area contributed by atoms with E-state index in [2.05, 4.69) is 25.4 Å². The van der Waals surface area contributed by atoms with Gasteiger partial charge in [-0.05, 0) is 51.0 Å². The van der Waals surface area contributed by atoms with Crippen LogP contribution >= 0.6 is 0 Å². The first-order chi connectivity index (χ1) is 22.5. The lowest BCUT2D eigenvalue weighted by molar-refractivity contribution is -0.163. The number of benzene rings is 1. The number of fused-ring (bicyclic) bond motifs is 1. The molecule has 0 saturated carbocycles. The number of aliphatic hydroxyl groups is 1. The fourth-order valence-electron chi connectivity index (χ4n) is 7.91. The van der Waals surface area contributed by atoms with Gasteiger partial charge >= 0.3 is 5.97 Å². The van der Waals surface area contributed by atoms with Gasteiger partial charge in [0.25, 0.3) is 0 Å². The van der Waals surface area contributed by atoms with E-state index in [1.54, 1.807) is 24.0 Å². The van der Waals surface area contributed by atoms with Gasteiger partial charge in [0, 0.05) is 19.0 Å². The van der Waals surface area contributed by atoms with Crippen LogP contribution in [-0.4, -0.2) is 87.6 Å². The number of allylic oxidation sites excluding steroid dienone is 1. The Hall–Kier alpha value is -3.50. The molecule has 1 unspecified atom stereocenters. The molecule has 4 rings (SSSR count). The van der Waals surface area contributed by atoms with E-state index in [0.717, 1.165) is 12.8 Å². The van der Waals surface area contributed by atoms with Crippen LogP contribution in [0.1, 0.15) is 84.8 Å². The number of ether oxygens (including phenoxy) is 2. The van der Waals surface area contributed by atoms with Crippen LogP contribution < -0.4 is 5.32 Å². The normalized spacial score (nSPS) is 27.1. The highest BCUT2D eigenvalue weighted by Gasteiger charge is 2.76. The van der Waals surface area contributed by atoms with Gasteiger partial charge in [0.1, 0.15) is 17.7 Å². The number of carbonyl (C=O) groups excluding carboxylic acids is 4. The lowest BCUT2D eigenvalue weighted by Crippen LogP contribution is -2.60. The topological polar surface area (TPSA) is 125 Å². The highest BCUT2D eigenvalue weighted by molar-refractivity contribution is 5.98. The van der Waals surface area contributed by atoms with Crippen molar-refractivity contribution in [1.29, 1.82) is 0 Å². The first kappa shape index (κ1) is 36.3. The van der Waals surface area contributed by atoms with Gasteiger partial charge in [0.15, 0.2) is 0 Å². The smallest absolute Gasteiger partial charge is 0.313 e. The maximum atomic E-state index is 14.6. The van der Waals surface area contributed by atoms with E-state index >= 15 is 0 Å². The molecule has 3 fully saturated rings. The zero-order valence-electron chi connectivity index (χ0n) is 28.6. The number of likely N-dealkylation sites (tertiary alicyclic amines) is 1. The van der Waals surface area contributed by atoms with Crippen molar-refractivity contribution in [3.05, 3.63) is 61.2 Å². The molecule has 258 valence electrons. The molecule has 0 aliphatic carbocycles. The van der Waals surface area contributed by atoms with Crippen LogP contribution in [0.4, 0.5) is 0 Å². The molecule has 1 spiro atoms. The summed E-state index contributed by atoms with van der Waals surface area (Å²) in [6.07, 6.45) is 5.27. The third kappa shape index (κ3) is 7.04. The lowest BCUT2D eigenvalue weighted by atomic mass is 9.70. The summed E-state index contributed by atoms with van der Waals surface area (Å²) in [4.78, 5) is 59.4. The Labute approximate surface area is 279 Å². The fraction of sp³-hybridized carbons (Fsp3) is 0.622. The average Bonchev–Trinajstić information content (AvgIpc) is 3.69. The number of esters is 1. The standard InChI is InChI=1S/C37H53N3O7/c1-8-11-18-29(42)38-25(7)32(26-16-13-12-14-17-26)46-36(45)30-28-19-20-37(47-28)31(30)34(43)40(27(22-41)23(4)5)33(37)35(44)39(21-10-3)24(6)15-9-2/h8,10,12-14,16-17,23-25,27-28,30-33,41H,1,3,9,11,15,18-22H2,2,4-7H3,(H,38,42)/t24?,25-,27-,28-,30+,31+,32-,33-,37+/m0/s1. The van der Waals surface area contributed by atoms with E-state index in [4.69, 9.17) is 9.47 Å². The number of nitrogens with zero attached hydrogens (tertiary/aromatic N) is 2. The number of aliphatic hydroxyl groups excluding tert-OH is 1. The summed E-state index contributed by atoms with van der Waals surface area (Å²) in [5.74, 6) is -3.47. The molecule has 1 aromatic carbocycles. The average molecular weight is 652 g/mol. The van der Waals surface area contributed by atoms with Gasteiger partial charge in [-0.3, -0.25) is 19.2 Å². The number of hydrogen-bond acceptors (Lipinski definition) is 7. The van der Waals surface area contributed by atoms with Crippen molar-refractivity contribution < 1.29 is 33.8 Å². The summed E-state index contributed by atoms with van der Waals surface area (Å²) in [5, 5.41) is 13.5. The molecular weight excluding hydrogens is 598 g/mol. The molecule has 3 aliphatic rings. The Morgan fingerprint density at radius 2 is 1.87 bits per heavy atom. The van der Waals surface area contributed by atoms with E-state index in [-0.39, 0.29) is 42.7 Å². The van der Waals surface area contributed by atoms with E-state index in [9.17, 15) is 24.3 Å². The minimum atomic E-state index is -1.23. The monoisotopic (exact) mass is 651 g/mol. The zero-order chi connectivity index (χ0) is 34.5. The number of amides is 3. The minimum absolute atomic E-state index is 0.112. The molecule has 1 aromatic rings. The molecule has 3 saturated heterocycles. The van der Waals surface area contributed by atoms with E-state index < -0.39 is 53.7 Å². The molecule has 0 radical (unpaired) electrons. The van der Waals surface area contributed by atoms with Crippen LogP contribution in [0.25, 0.3) is 0 Å². The van der Waals surface area contributed by atoms with Gasteiger partial charge in [0.05, 0.1) is 36.6 Å². The summed E-state index contributed by atoms with van der Waals surface area (Å²) in [6.45, 7) is 17.2. The number of rotatable bonds is 17. The van der Waals surface area contributed by atoms with Gasteiger partial charge in [-0.1, -0.05) is 69.7 Å². The summed E-state index contributed by atoms with van der Waals surface area (Å²) in [7, 11) is 0. The maximum Gasteiger partial charge on any atom is 0.313 e. The van der Waals surface area contributed by atoms with Crippen molar-refractivity contribution in [2.24, 2.45) is 17.8 Å². The number of hydrogen-bond donors (Lipinski definition) is 2. The Kier molecular flexibility index (Phi) is 12.1. The van der Waals surface area contributed by atoms with Crippen molar-refractivity contribution in [3.8, 4) is 0 Å². The third-order valence-electron chi connectivity index (χ3n) is 10.2. The zero-order valence-corrected chi connectivity index (χ0v) is 28.6. The predicted octanol–water partition coefficient (Wildman–Crippen LogP) is 4.34. The van der Waals surface area contributed by atoms with Crippen molar-refractivity contribution in [2.75, 3.05) is 13.2 Å². The Morgan fingerprint density at radius 1 is 1.17 bits per heavy atom. The van der Waals surface area contributed by atoms with Crippen LogP contribution in [0.15, 0.2) is 55.6 Å². The third-order valence-corrected chi connectivity index (χ3v) is 10.2. The second kappa shape index (κ2) is 15.6. The van der Waals surface area contributed by atoms with Gasteiger partial charge in [-0.2, -0.15) is 0 Å². The molecule has 47 heavy (non-hydrogen) atoms. The van der Waals surface area contributed by atoms with E-state index in [0.29, 0.717) is 31.4 Å². The molecule has 2 bridgehead atoms. The number of nitrogens with one attached hydrogen (secondary N) is 1. The van der Waals surface area contributed by atoms with Crippen LogP contribution in [0.5, 0.6) is 0 Å². The van der Waals surface area contributed by atoms with Crippen molar-refractivity contribution in [3.63, 3.8) is 0 Å². The van der Waals surface area contributed by atoms with E-state index in [1.807, 2.05) is 51.1 Å². The number of carbonyl (C=O) groups is 4. The summed E-state index contributed by atoms with van der Waals surface area (Å²) in [6, 6.07) is 6.86. The van der Waals surface area contributed by atoms with Crippen LogP contribution in [0.3, 0.4) is 0 Å². The van der Waals surface area contributed by atoms with Crippen LogP contribution in [0.2, 0.25) is 0 Å². The minimum Gasteiger partial charge on any atom is -0.455 e. The van der Waals surface area contributed by atoms with Crippen LogP contribution in [-0.2, 0) is 28.7 Å².